The van der Waals surface area contributed by atoms with E-state index in [9.17, 15) is 5.26 Å². The molecule has 1 aliphatic carbocycles. The number of rotatable bonds is 4. The van der Waals surface area contributed by atoms with Gasteiger partial charge in [0.1, 0.15) is 0 Å². The molecule has 1 nitrogen and oxygen atoms in total. The van der Waals surface area contributed by atoms with Crippen molar-refractivity contribution in [1.82, 2.24) is 0 Å². The van der Waals surface area contributed by atoms with Crippen molar-refractivity contribution in [1.29, 1.82) is 5.26 Å². The minimum atomic E-state index is 0.680. The van der Waals surface area contributed by atoms with Crippen LogP contribution in [0, 0.1) is 11.3 Å². The van der Waals surface area contributed by atoms with Gasteiger partial charge in [-0.2, -0.15) is 5.26 Å². The van der Waals surface area contributed by atoms with Gasteiger partial charge in [-0.25, -0.2) is 0 Å². The second-order valence-electron chi connectivity index (χ2n) is 11.9. The molecule has 0 heterocycles. The van der Waals surface area contributed by atoms with Gasteiger partial charge < -0.3 is 0 Å². The van der Waals surface area contributed by atoms with Crippen LogP contribution in [0.5, 0.6) is 0 Å². The molecule has 0 bridgehead atoms. The Labute approximate surface area is 268 Å². The first-order chi connectivity index (χ1) is 22.8. The largest absolute Gasteiger partial charge is 0.192 e. The van der Waals surface area contributed by atoms with E-state index in [0.717, 1.165) is 22.3 Å². The highest BCUT2D eigenvalue weighted by molar-refractivity contribution is 6.28. The summed E-state index contributed by atoms with van der Waals surface area (Å²) >= 11 is 0. The van der Waals surface area contributed by atoms with E-state index in [1.54, 1.807) is 0 Å². The summed E-state index contributed by atoms with van der Waals surface area (Å²) in [6.07, 6.45) is 0. The molecular formula is C45H27N. The highest BCUT2D eigenvalue weighted by Crippen LogP contribution is 2.58. The fourth-order valence-electron chi connectivity index (χ4n) is 7.54. The zero-order chi connectivity index (χ0) is 30.6. The van der Waals surface area contributed by atoms with E-state index in [1.165, 1.54) is 66.1 Å². The lowest BCUT2D eigenvalue weighted by molar-refractivity contribution is 1.48. The molecule has 0 saturated heterocycles. The Bertz CT molecular complexity index is 2410. The normalized spacial score (nSPS) is 11.5. The standard InChI is InChI=1S/C45H27N/c46-28-33-27-32(23-24-34(33)29-13-4-1-5-14-29)35-25-26-40-43-36(35)21-12-22-39(43)44-41(30-15-6-2-7-16-30)37-19-10-11-20-38(37)42(45(40)44)31-17-8-3-9-18-31/h1-27H. The van der Waals surface area contributed by atoms with Crippen molar-refractivity contribution in [3.8, 4) is 72.8 Å². The van der Waals surface area contributed by atoms with Crippen molar-refractivity contribution in [3.05, 3.63) is 169 Å². The predicted octanol–water partition coefficient (Wildman–Crippen LogP) is 12.2. The van der Waals surface area contributed by atoms with Crippen LogP contribution in [0.15, 0.2) is 164 Å². The molecule has 8 aromatic carbocycles. The number of hydrogen-bond acceptors (Lipinski definition) is 1. The maximum atomic E-state index is 10.2. The van der Waals surface area contributed by atoms with E-state index >= 15 is 0 Å². The second-order valence-corrected chi connectivity index (χ2v) is 11.9. The van der Waals surface area contributed by atoms with Gasteiger partial charge in [-0.3, -0.25) is 0 Å². The van der Waals surface area contributed by atoms with Crippen molar-refractivity contribution in [3.63, 3.8) is 0 Å². The maximum absolute atomic E-state index is 10.2. The molecule has 0 atom stereocenters. The van der Waals surface area contributed by atoms with Gasteiger partial charge in [-0.05, 0) is 94.4 Å². The summed E-state index contributed by atoms with van der Waals surface area (Å²) in [4.78, 5) is 0. The predicted molar refractivity (Wildman–Crippen MR) is 192 cm³/mol. The third-order valence-electron chi connectivity index (χ3n) is 9.46. The molecule has 46 heavy (non-hydrogen) atoms. The maximum Gasteiger partial charge on any atom is 0.0998 e. The fourth-order valence-corrected chi connectivity index (χ4v) is 7.54. The van der Waals surface area contributed by atoms with E-state index in [-0.39, 0.29) is 0 Å². The number of benzene rings is 8. The Morgan fingerprint density at radius 3 is 1.39 bits per heavy atom. The summed E-state index contributed by atoms with van der Waals surface area (Å²) < 4.78 is 0. The highest BCUT2D eigenvalue weighted by atomic mass is 14.3. The van der Waals surface area contributed by atoms with Crippen molar-refractivity contribution >= 4 is 21.5 Å². The van der Waals surface area contributed by atoms with Crippen molar-refractivity contribution < 1.29 is 0 Å². The van der Waals surface area contributed by atoms with E-state index in [2.05, 4.69) is 146 Å². The van der Waals surface area contributed by atoms with Crippen LogP contribution in [0.4, 0.5) is 0 Å². The molecule has 0 aromatic heterocycles. The molecule has 9 rings (SSSR count). The van der Waals surface area contributed by atoms with Crippen molar-refractivity contribution in [2.75, 3.05) is 0 Å². The van der Waals surface area contributed by atoms with Gasteiger partial charge in [0.2, 0.25) is 0 Å². The van der Waals surface area contributed by atoms with Crippen LogP contribution < -0.4 is 0 Å². The van der Waals surface area contributed by atoms with E-state index in [0.29, 0.717) is 5.56 Å². The van der Waals surface area contributed by atoms with Gasteiger partial charge >= 0.3 is 0 Å². The molecule has 0 N–H and O–H groups in total. The van der Waals surface area contributed by atoms with Crippen molar-refractivity contribution in [2.45, 2.75) is 0 Å². The van der Waals surface area contributed by atoms with E-state index in [4.69, 9.17) is 0 Å². The summed E-state index contributed by atoms with van der Waals surface area (Å²) in [5, 5.41) is 15.2. The van der Waals surface area contributed by atoms with Crippen LogP contribution in [0.1, 0.15) is 5.56 Å². The Morgan fingerprint density at radius 1 is 0.326 bits per heavy atom. The van der Waals surface area contributed by atoms with Crippen LogP contribution >= 0.6 is 0 Å². The molecule has 0 fully saturated rings. The Kier molecular flexibility index (Phi) is 5.95. The Morgan fingerprint density at radius 2 is 0.804 bits per heavy atom. The third-order valence-corrected chi connectivity index (χ3v) is 9.46. The third kappa shape index (κ3) is 3.88. The Hall–Kier alpha value is -6.23. The van der Waals surface area contributed by atoms with Crippen LogP contribution in [-0.4, -0.2) is 0 Å². The second kappa shape index (κ2) is 10.4. The molecule has 0 aliphatic heterocycles. The quantitative estimate of drug-likeness (QED) is 0.203. The molecule has 1 aliphatic rings. The lowest BCUT2D eigenvalue weighted by Gasteiger charge is -2.20. The first-order valence-electron chi connectivity index (χ1n) is 15.7. The number of nitriles is 1. The molecule has 1 heteroatoms. The fraction of sp³-hybridized carbons (Fsp3) is 0. The SMILES string of the molecule is N#Cc1cc(-c2ccc3c4c(cccc24)-c2c-3c(-c3ccccc3)c3ccccc3c2-c2ccccc2)ccc1-c1ccccc1. The smallest absolute Gasteiger partial charge is 0.0998 e. The topological polar surface area (TPSA) is 23.8 Å². The van der Waals surface area contributed by atoms with Gasteiger partial charge in [0.05, 0.1) is 11.6 Å². The van der Waals surface area contributed by atoms with Crippen LogP contribution in [-0.2, 0) is 0 Å². The van der Waals surface area contributed by atoms with Crippen LogP contribution in [0.25, 0.3) is 88.3 Å². The van der Waals surface area contributed by atoms with Gasteiger partial charge in [-0.1, -0.05) is 158 Å². The molecule has 0 unspecified atom stereocenters. The zero-order valence-corrected chi connectivity index (χ0v) is 25.0. The van der Waals surface area contributed by atoms with E-state index in [1.807, 2.05) is 24.3 Å². The summed E-state index contributed by atoms with van der Waals surface area (Å²) in [5.41, 5.74) is 14.9. The summed E-state index contributed by atoms with van der Waals surface area (Å²) in [7, 11) is 0. The summed E-state index contributed by atoms with van der Waals surface area (Å²) in [6, 6.07) is 60.7. The molecule has 8 aromatic rings. The van der Waals surface area contributed by atoms with Crippen molar-refractivity contribution in [2.24, 2.45) is 0 Å². The lowest BCUT2D eigenvalue weighted by Crippen LogP contribution is -1.93. The summed E-state index contributed by atoms with van der Waals surface area (Å²) in [6.45, 7) is 0. The molecule has 0 saturated carbocycles. The summed E-state index contributed by atoms with van der Waals surface area (Å²) in [5.74, 6) is 0. The average molecular weight is 582 g/mol. The van der Waals surface area contributed by atoms with Gasteiger partial charge in [0, 0.05) is 0 Å². The number of nitrogens with zero attached hydrogens (tertiary/aromatic N) is 1. The number of hydrogen-bond donors (Lipinski definition) is 0. The number of fused-ring (bicyclic) bond motifs is 4. The Balaban J connectivity index is 1.37. The average Bonchev–Trinajstić information content (AvgIpc) is 3.46. The van der Waals surface area contributed by atoms with Gasteiger partial charge in [0.25, 0.3) is 0 Å². The zero-order valence-electron chi connectivity index (χ0n) is 25.0. The highest BCUT2D eigenvalue weighted by Gasteiger charge is 2.31. The van der Waals surface area contributed by atoms with Crippen LogP contribution in [0.3, 0.4) is 0 Å². The van der Waals surface area contributed by atoms with E-state index < -0.39 is 0 Å². The first-order valence-corrected chi connectivity index (χ1v) is 15.7. The molecular weight excluding hydrogens is 555 g/mol. The van der Waals surface area contributed by atoms with Crippen LogP contribution in [0.2, 0.25) is 0 Å². The van der Waals surface area contributed by atoms with Gasteiger partial charge in [-0.15, -0.1) is 0 Å². The minimum Gasteiger partial charge on any atom is -0.192 e. The lowest BCUT2D eigenvalue weighted by atomic mass is 9.82. The minimum absolute atomic E-state index is 0.680. The molecule has 212 valence electrons. The van der Waals surface area contributed by atoms with Gasteiger partial charge in [0.15, 0.2) is 0 Å². The first kappa shape index (κ1) is 26.2. The molecule has 0 radical (unpaired) electrons. The monoisotopic (exact) mass is 581 g/mol. The molecule has 0 amide bonds. The molecule has 0 spiro atoms.